The van der Waals surface area contributed by atoms with E-state index in [1.807, 2.05) is 17.9 Å². The van der Waals surface area contributed by atoms with Crippen molar-refractivity contribution in [2.75, 3.05) is 20.2 Å². The number of amides is 1. The molecule has 0 spiro atoms. The number of hydrogen-bond acceptors (Lipinski definition) is 4. The van der Waals surface area contributed by atoms with Crippen LogP contribution >= 0.6 is 23.7 Å². The van der Waals surface area contributed by atoms with Crippen LogP contribution in [0.2, 0.25) is 0 Å². The van der Waals surface area contributed by atoms with E-state index in [9.17, 15) is 4.79 Å². The summed E-state index contributed by atoms with van der Waals surface area (Å²) in [5, 5.41) is 0. The Morgan fingerprint density at radius 3 is 2.85 bits per heavy atom. The van der Waals surface area contributed by atoms with Crippen LogP contribution < -0.4 is 10.5 Å². The predicted molar refractivity (Wildman–Crippen MR) is 82.9 cm³/mol. The highest BCUT2D eigenvalue weighted by Crippen LogP contribution is 2.39. The van der Waals surface area contributed by atoms with Crippen molar-refractivity contribution in [1.29, 1.82) is 0 Å². The average Bonchev–Trinajstić information content (AvgIpc) is 3.05. The minimum absolute atomic E-state index is 0. The van der Waals surface area contributed by atoms with Gasteiger partial charge in [-0.15, -0.1) is 23.7 Å². The number of carbonyl (C=O) groups excluding carboxylic acids is 1. The lowest BCUT2D eigenvalue weighted by Gasteiger charge is -2.18. The summed E-state index contributed by atoms with van der Waals surface area (Å²) in [5.74, 6) is 1.91. The molecule has 3 unspecified atom stereocenters. The van der Waals surface area contributed by atoms with E-state index in [-0.39, 0.29) is 24.4 Å². The number of rotatable bonds is 2. The van der Waals surface area contributed by atoms with E-state index < -0.39 is 0 Å². The molecule has 6 heteroatoms. The number of hydrogen-bond donors (Lipinski definition) is 1. The second-order valence-corrected chi connectivity index (χ2v) is 6.89. The van der Waals surface area contributed by atoms with E-state index in [2.05, 4.69) is 0 Å². The smallest absolute Gasteiger partial charge is 0.267 e. The molecule has 112 valence electrons. The SMILES string of the molecule is COc1cc(C)sc1C(=O)N1CC2CCC(N)C2C1.Cl. The Balaban J connectivity index is 0.00000147. The molecule has 20 heavy (non-hydrogen) atoms. The maximum Gasteiger partial charge on any atom is 0.267 e. The zero-order valence-corrected chi connectivity index (χ0v) is 13.4. The van der Waals surface area contributed by atoms with Gasteiger partial charge >= 0.3 is 0 Å². The van der Waals surface area contributed by atoms with Crippen molar-refractivity contribution in [2.24, 2.45) is 17.6 Å². The van der Waals surface area contributed by atoms with Gasteiger partial charge in [0.1, 0.15) is 10.6 Å². The number of ether oxygens (including phenoxy) is 1. The number of methoxy groups -OCH3 is 1. The molecule has 1 aromatic rings. The zero-order valence-electron chi connectivity index (χ0n) is 11.8. The quantitative estimate of drug-likeness (QED) is 0.911. The molecule has 0 bridgehead atoms. The van der Waals surface area contributed by atoms with Crippen molar-refractivity contribution in [1.82, 2.24) is 4.90 Å². The Kier molecular flexibility index (Phi) is 4.62. The average molecular weight is 317 g/mol. The van der Waals surface area contributed by atoms with Crippen LogP contribution in [0.15, 0.2) is 6.07 Å². The molecule has 2 N–H and O–H groups in total. The maximum absolute atomic E-state index is 12.6. The summed E-state index contributed by atoms with van der Waals surface area (Å²) in [6.45, 7) is 3.67. The first-order valence-electron chi connectivity index (χ1n) is 6.79. The molecule has 2 heterocycles. The molecule has 1 aromatic heterocycles. The summed E-state index contributed by atoms with van der Waals surface area (Å²) < 4.78 is 5.30. The summed E-state index contributed by atoms with van der Waals surface area (Å²) in [6, 6.07) is 2.20. The van der Waals surface area contributed by atoms with E-state index in [0.717, 1.165) is 35.7 Å². The number of nitrogens with two attached hydrogens (primary N) is 1. The normalized spacial score (nSPS) is 28.1. The van der Waals surface area contributed by atoms with Gasteiger partial charge in [-0.2, -0.15) is 0 Å². The van der Waals surface area contributed by atoms with E-state index in [1.165, 1.54) is 11.3 Å². The molecule has 2 fully saturated rings. The number of aryl methyl sites for hydroxylation is 1. The van der Waals surface area contributed by atoms with E-state index in [1.54, 1.807) is 7.11 Å². The third kappa shape index (κ3) is 2.54. The van der Waals surface area contributed by atoms with Gasteiger partial charge in [-0.05, 0) is 37.7 Å². The van der Waals surface area contributed by atoms with Crippen LogP contribution in [0.5, 0.6) is 5.75 Å². The molecule has 3 rings (SSSR count). The number of nitrogens with zero attached hydrogens (tertiary/aromatic N) is 1. The van der Waals surface area contributed by atoms with Gasteiger partial charge < -0.3 is 15.4 Å². The second kappa shape index (κ2) is 5.92. The van der Waals surface area contributed by atoms with Gasteiger partial charge in [0.25, 0.3) is 5.91 Å². The van der Waals surface area contributed by atoms with Gasteiger partial charge in [-0.1, -0.05) is 0 Å². The third-order valence-electron chi connectivity index (χ3n) is 4.43. The number of fused-ring (bicyclic) bond motifs is 1. The van der Waals surface area contributed by atoms with Crippen molar-refractivity contribution in [3.05, 3.63) is 15.8 Å². The second-order valence-electron chi connectivity index (χ2n) is 5.63. The topological polar surface area (TPSA) is 55.6 Å². The standard InChI is InChI=1S/C14H20N2O2S.ClH/c1-8-5-12(18-2)13(19-8)14(17)16-6-9-3-4-11(15)10(9)7-16;/h5,9-11H,3-4,6-7,15H2,1-2H3;1H. The van der Waals surface area contributed by atoms with Gasteiger partial charge in [-0.3, -0.25) is 4.79 Å². The number of carbonyl (C=O) groups is 1. The number of halogens is 1. The molecule has 1 aliphatic carbocycles. The lowest BCUT2D eigenvalue weighted by molar-refractivity contribution is 0.0781. The van der Waals surface area contributed by atoms with Gasteiger partial charge in [0.05, 0.1) is 7.11 Å². The van der Waals surface area contributed by atoms with Gasteiger partial charge in [0.15, 0.2) is 0 Å². The maximum atomic E-state index is 12.6. The fourth-order valence-electron chi connectivity index (χ4n) is 3.41. The lowest BCUT2D eigenvalue weighted by atomic mass is 9.98. The summed E-state index contributed by atoms with van der Waals surface area (Å²) in [4.78, 5) is 16.4. The zero-order chi connectivity index (χ0) is 13.6. The predicted octanol–water partition coefficient (Wildman–Crippen LogP) is 2.30. The van der Waals surface area contributed by atoms with Gasteiger partial charge in [0, 0.05) is 24.0 Å². The monoisotopic (exact) mass is 316 g/mol. The summed E-state index contributed by atoms with van der Waals surface area (Å²) >= 11 is 1.52. The van der Waals surface area contributed by atoms with Crippen LogP contribution in [0.4, 0.5) is 0 Å². The molecular formula is C14H21ClN2O2S. The molecule has 0 radical (unpaired) electrons. The highest BCUT2D eigenvalue weighted by Gasteiger charge is 2.43. The molecule has 1 saturated heterocycles. The molecule has 2 aliphatic rings. The Morgan fingerprint density at radius 2 is 2.20 bits per heavy atom. The van der Waals surface area contributed by atoms with Crippen molar-refractivity contribution in [3.63, 3.8) is 0 Å². The van der Waals surface area contributed by atoms with E-state index in [0.29, 0.717) is 17.6 Å². The Hall–Kier alpha value is -0.780. The van der Waals surface area contributed by atoms with E-state index in [4.69, 9.17) is 10.5 Å². The van der Waals surface area contributed by atoms with Crippen molar-refractivity contribution >= 4 is 29.7 Å². The number of thiophene rings is 1. The fraction of sp³-hybridized carbons (Fsp3) is 0.643. The molecular weight excluding hydrogens is 296 g/mol. The Labute approximate surface area is 129 Å². The van der Waals surface area contributed by atoms with Crippen LogP contribution in [0.1, 0.15) is 27.4 Å². The van der Waals surface area contributed by atoms with Gasteiger partial charge in [0.2, 0.25) is 0 Å². The fourth-order valence-corrected chi connectivity index (χ4v) is 4.36. The van der Waals surface area contributed by atoms with Crippen molar-refractivity contribution < 1.29 is 9.53 Å². The van der Waals surface area contributed by atoms with Crippen LogP contribution in [-0.2, 0) is 0 Å². The molecule has 1 amide bonds. The Bertz CT molecular complexity index is 505. The van der Waals surface area contributed by atoms with Crippen LogP contribution in [-0.4, -0.2) is 37.0 Å². The van der Waals surface area contributed by atoms with Crippen LogP contribution in [0.25, 0.3) is 0 Å². The summed E-state index contributed by atoms with van der Waals surface area (Å²) in [7, 11) is 1.62. The molecule has 1 saturated carbocycles. The van der Waals surface area contributed by atoms with Crippen LogP contribution in [0.3, 0.4) is 0 Å². The van der Waals surface area contributed by atoms with Crippen LogP contribution in [0, 0.1) is 18.8 Å². The first-order valence-corrected chi connectivity index (χ1v) is 7.61. The highest BCUT2D eigenvalue weighted by molar-refractivity contribution is 7.14. The summed E-state index contributed by atoms with van der Waals surface area (Å²) in [6.07, 6.45) is 2.27. The largest absolute Gasteiger partial charge is 0.495 e. The lowest BCUT2D eigenvalue weighted by Crippen LogP contribution is -2.33. The first-order chi connectivity index (χ1) is 9.10. The van der Waals surface area contributed by atoms with Crippen molar-refractivity contribution in [2.45, 2.75) is 25.8 Å². The minimum Gasteiger partial charge on any atom is -0.495 e. The van der Waals surface area contributed by atoms with Crippen molar-refractivity contribution in [3.8, 4) is 5.75 Å². The van der Waals surface area contributed by atoms with E-state index >= 15 is 0 Å². The number of likely N-dealkylation sites (tertiary alicyclic amines) is 1. The van der Waals surface area contributed by atoms with Gasteiger partial charge in [-0.25, -0.2) is 0 Å². The molecule has 0 aromatic carbocycles. The minimum atomic E-state index is 0. The molecule has 4 nitrogen and oxygen atoms in total. The first kappa shape index (κ1) is 15.6. The third-order valence-corrected chi connectivity index (χ3v) is 5.45. The summed E-state index contributed by atoms with van der Waals surface area (Å²) in [5.41, 5.74) is 6.12. The molecule has 3 atom stereocenters. The Morgan fingerprint density at radius 1 is 1.45 bits per heavy atom. The molecule has 1 aliphatic heterocycles. The highest BCUT2D eigenvalue weighted by atomic mass is 35.5.